The van der Waals surface area contributed by atoms with Crippen LogP contribution in [-0.4, -0.2) is 19.8 Å². The minimum atomic E-state index is 0.231. The van der Waals surface area contributed by atoms with Gasteiger partial charge in [0.1, 0.15) is 5.75 Å². The molecule has 4 aromatic rings. The van der Waals surface area contributed by atoms with Gasteiger partial charge in [0.15, 0.2) is 5.65 Å². The number of fused-ring (bicyclic) bond motifs is 3. The minimum absolute atomic E-state index is 0.231. The molecule has 0 fully saturated rings. The highest BCUT2D eigenvalue weighted by Crippen LogP contribution is 2.30. The molecule has 6 heteroatoms. The van der Waals surface area contributed by atoms with E-state index in [1.165, 1.54) is 4.52 Å². The van der Waals surface area contributed by atoms with Gasteiger partial charge >= 0.3 is 0 Å². The Morgan fingerprint density at radius 3 is 2.64 bits per heavy atom. The van der Waals surface area contributed by atoms with Crippen LogP contribution in [0.25, 0.3) is 16.4 Å². The topological polar surface area (TPSA) is 78.3 Å². The van der Waals surface area contributed by atoms with E-state index in [1.807, 2.05) is 55.5 Å². The molecule has 0 saturated carbocycles. The van der Waals surface area contributed by atoms with Gasteiger partial charge in [-0.1, -0.05) is 30.3 Å². The van der Waals surface area contributed by atoms with Crippen LogP contribution in [0.3, 0.4) is 0 Å². The number of nitrogens with two attached hydrogens (primary N) is 1. The zero-order valence-corrected chi connectivity index (χ0v) is 11.9. The van der Waals surface area contributed by atoms with E-state index < -0.39 is 0 Å². The predicted octanol–water partition coefficient (Wildman–Crippen LogP) is 2.96. The summed E-state index contributed by atoms with van der Waals surface area (Å²) < 4.78 is 7.46. The standard InChI is InChI=1S/C16H13N5O/c1-10-5-4-6-11(9-10)22-15-13-8-3-2-7-12(13)14-18-19-16(17)21(14)20-15/h2-9H,1H3,(H2,17,19). The van der Waals surface area contributed by atoms with Crippen LogP contribution in [0.5, 0.6) is 11.6 Å². The SMILES string of the molecule is Cc1cccc(Oc2nn3c(N)nnc3c3ccccc23)c1. The molecule has 4 rings (SSSR count). The Hall–Kier alpha value is -3.15. The molecule has 0 radical (unpaired) electrons. The molecule has 0 unspecified atom stereocenters. The van der Waals surface area contributed by atoms with Gasteiger partial charge in [-0.05, 0) is 30.7 Å². The summed E-state index contributed by atoms with van der Waals surface area (Å²) in [7, 11) is 0. The number of ether oxygens (including phenoxy) is 1. The maximum absolute atomic E-state index is 5.96. The second-order valence-electron chi connectivity index (χ2n) is 5.06. The van der Waals surface area contributed by atoms with Crippen molar-refractivity contribution >= 4 is 22.4 Å². The van der Waals surface area contributed by atoms with Gasteiger partial charge in [0.05, 0.1) is 0 Å². The third kappa shape index (κ3) is 1.93. The smallest absolute Gasteiger partial charge is 0.245 e. The molecular weight excluding hydrogens is 278 g/mol. The normalized spacial score (nSPS) is 11.1. The number of hydrogen-bond donors (Lipinski definition) is 1. The van der Waals surface area contributed by atoms with Gasteiger partial charge in [0.2, 0.25) is 11.8 Å². The maximum atomic E-state index is 5.96. The van der Waals surface area contributed by atoms with E-state index in [1.54, 1.807) is 0 Å². The number of aryl methyl sites for hydroxylation is 1. The second-order valence-corrected chi connectivity index (χ2v) is 5.06. The van der Waals surface area contributed by atoms with Gasteiger partial charge in [-0.2, -0.15) is 4.52 Å². The van der Waals surface area contributed by atoms with Crippen LogP contribution in [0.4, 0.5) is 5.95 Å². The second kappa shape index (κ2) is 4.70. The number of anilines is 1. The van der Waals surface area contributed by atoms with E-state index in [0.29, 0.717) is 11.5 Å². The molecule has 2 N–H and O–H groups in total. The lowest BCUT2D eigenvalue weighted by Crippen LogP contribution is -2.01. The highest BCUT2D eigenvalue weighted by molar-refractivity contribution is 5.96. The molecule has 2 aromatic heterocycles. The first-order chi connectivity index (χ1) is 10.7. The van der Waals surface area contributed by atoms with E-state index in [9.17, 15) is 0 Å². The highest BCUT2D eigenvalue weighted by atomic mass is 16.5. The first kappa shape index (κ1) is 12.6. The lowest BCUT2D eigenvalue weighted by molar-refractivity contribution is 0.459. The number of hydrogen-bond acceptors (Lipinski definition) is 5. The molecule has 0 aliphatic carbocycles. The number of nitrogens with zero attached hydrogens (tertiary/aromatic N) is 4. The van der Waals surface area contributed by atoms with Crippen molar-refractivity contribution in [3.8, 4) is 11.6 Å². The van der Waals surface area contributed by atoms with Gasteiger partial charge in [-0.3, -0.25) is 0 Å². The Labute approximate surface area is 126 Å². The molecule has 6 nitrogen and oxygen atoms in total. The Morgan fingerprint density at radius 2 is 1.82 bits per heavy atom. The summed E-state index contributed by atoms with van der Waals surface area (Å²) in [6, 6.07) is 15.6. The van der Waals surface area contributed by atoms with Crippen LogP contribution in [0, 0.1) is 6.92 Å². The number of nitrogen functional groups attached to an aromatic ring is 1. The minimum Gasteiger partial charge on any atom is -0.437 e. The third-order valence-electron chi connectivity index (χ3n) is 3.46. The van der Waals surface area contributed by atoms with Gasteiger partial charge in [-0.25, -0.2) is 0 Å². The highest BCUT2D eigenvalue weighted by Gasteiger charge is 2.13. The van der Waals surface area contributed by atoms with Crippen molar-refractivity contribution in [3.05, 3.63) is 54.1 Å². The molecule has 0 bridgehead atoms. The Kier molecular flexibility index (Phi) is 2.69. The van der Waals surface area contributed by atoms with E-state index in [-0.39, 0.29) is 5.95 Å². The maximum Gasteiger partial charge on any atom is 0.245 e. The van der Waals surface area contributed by atoms with Crippen molar-refractivity contribution in [2.24, 2.45) is 0 Å². The summed E-state index contributed by atoms with van der Waals surface area (Å²) >= 11 is 0. The van der Waals surface area contributed by atoms with Gasteiger partial charge in [0, 0.05) is 10.8 Å². The lowest BCUT2D eigenvalue weighted by Gasteiger charge is -2.09. The van der Waals surface area contributed by atoms with E-state index >= 15 is 0 Å². The molecule has 108 valence electrons. The summed E-state index contributed by atoms with van der Waals surface area (Å²) in [5.74, 6) is 1.43. The van der Waals surface area contributed by atoms with Crippen molar-refractivity contribution in [1.29, 1.82) is 0 Å². The monoisotopic (exact) mass is 291 g/mol. The zero-order chi connectivity index (χ0) is 15.1. The predicted molar refractivity (Wildman–Crippen MR) is 84.0 cm³/mol. The quantitative estimate of drug-likeness (QED) is 0.614. The molecular formula is C16H13N5O. The van der Waals surface area contributed by atoms with Crippen molar-refractivity contribution in [1.82, 2.24) is 19.8 Å². The number of benzene rings is 2. The summed E-state index contributed by atoms with van der Waals surface area (Å²) in [6.45, 7) is 2.01. The van der Waals surface area contributed by atoms with Crippen LogP contribution in [0.2, 0.25) is 0 Å². The van der Waals surface area contributed by atoms with Gasteiger partial charge in [0.25, 0.3) is 0 Å². The summed E-state index contributed by atoms with van der Waals surface area (Å²) in [6.07, 6.45) is 0. The fraction of sp³-hybridized carbons (Fsp3) is 0.0625. The van der Waals surface area contributed by atoms with Crippen molar-refractivity contribution < 1.29 is 4.74 Å². The van der Waals surface area contributed by atoms with Crippen molar-refractivity contribution in [2.75, 3.05) is 5.73 Å². The average molecular weight is 291 g/mol. The molecule has 0 spiro atoms. The Bertz CT molecular complexity index is 992. The zero-order valence-electron chi connectivity index (χ0n) is 11.9. The number of aromatic nitrogens is 4. The molecule has 2 heterocycles. The first-order valence-electron chi connectivity index (χ1n) is 6.86. The molecule has 2 aromatic carbocycles. The average Bonchev–Trinajstić information content (AvgIpc) is 2.89. The summed E-state index contributed by atoms with van der Waals surface area (Å²) in [5.41, 5.74) is 7.56. The van der Waals surface area contributed by atoms with Crippen LogP contribution in [-0.2, 0) is 0 Å². The molecule has 0 aliphatic heterocycles. The van der Waals surface area contributed by atoms with E-state index in [2.05, 4.69) is 15.3 Å². The molecule has 0 atom stereocenters. The van der Waals surface area contributed by atoms with E-state index in [0.717, 1.165) is 22.1 Å². The molecule has 0 aliphatic rings. The summed E-state index contributed by atoms with van der Waals surface area (Å²) in [5, 5.41) is 14.1. The van der Waals surface area contributed by atoms with Crippen molar-refractivity contribution in [2.45, 2.75) is 6.92 Å². The lowest BCUT2D eigenvalue weighted by atomic mass is 10.2. The third-order valence-corrected chi connectivity index (χ3v) is 3.46. The molecule has 0 amide bonds. The Balaban J connectivity index is 1.96. The van der Waals surface area contributed by atoms with Crippen LogP contribution in [0.1, 0.15) is 5.56 Å². The largest absolute Gasteiger partial charge is 0.437 e. The molecule has 22 heavy (non-hydrogen) atoms. The molecule has 0 saturated heterocycles. The van der Waals surface area contributed by atoms with Crippen molar-refractivity contribution in [3.63, 3.8) is 0 Å². The summed E-state index contributed by atoms with van der Waals surface area (Å²) in [4.78, 5) is 0. The fourth-order valence-corrected chi connectivity index (χ4v) is 2.43. The van der Waals surface area contributed by atoms with Crippen LogP contribution >= 0.6 is 0 Å². The fourth-order valence-electron chi connectivity index (χ4n) is 2.43. The van der Waals surface area contributed by atoms with Crippen LogP contribution in [0.15, 0.2) is 48.5 Å². The van der Waals surface area contributed by atoms with Gasteiger partial charge < -0.3 is 10.5 Å². The first-order valence-corrected chi connectivity index (χ1v) is 6.86. The Morgan fingerprint density at radius 1 is 1.00 bits per heavy atom. The van der Waals surface area contributed by atoms with Gasteiger partial charge in [-0.15, -0.1) is 15.3 Å². The van der Waals surface area contributed by atoms with E-state index in [4.69, 9.17) is 10.5 Å². The van der Waals surface area contributed by atoms with Crippen LogP contribution < -0.4 is 10.5 Å². The number of rotatable bonds is 2.